The number of ketones is 2. The number of carboxylic acids is 1. The summed E-state index contributed by atoms with van der Waals surface area (Å²) in [7, 11) is 1.27. The molecular formula is C14H24O6. The molecule has 0 aliphatic heterocycles. The molecule has 0 radical (unpaired) electrons. The zero-order valence-electron chi connectivity index (χ0n) is 12.9. The van der Waals surface area contributed by atoms with Gasteiger partial charge in [0.05, 0.1) is 7.11 Å². The first kappa shape index (κ1) is 20.6. The van der Waals surface area contributed by atoms with Crippen LogP contribution in [0.2, 0.25) is 0 Å². The van der Waals surface area contributed by atoms with Crippen molar-refractivity contribution in [1.82, 2.24) is 0 Å². The second-order valence-electron chi connectivity index (χ2n) is 5.08. The van der Waals surface area contributed by atoms with Gasteiger partial charge in [-0.15, -0.1) is 0 Å². The van der Waals surface area contributed by atoms with E-state index in [0.29, 0.717) is 0 Å². The van der Waals surface area contributed by atoms with E-state index in [9.17, 15) is 19.2 Å². The van der Waals surface area contributed by atoms with E-state index in [1.54, 1.807) is 20.8 Å². The van der Waals surface area contributed by atoms with Crippen LogP contribution in [0.3, 0.4) is 0 Å². The van der Waals surface area contributed by atoms with Crippen molar-refractivity contribution in [2.45, 2.75) is 41.0 Å². The zero-order chi connectivity index (χ0) is 16.5. The molecule has 1 unspecified atom stereocenters. The van der Waals surface area contributed by atoms with E-state index < -0.39 is 17.7 Å². The van der Waals surface area contributed by atoms with Gasteiger partial charge in [-0.25, -0.2) is 4.79 Å². The lowest BCUT2D eigenvalue weighted by atomic mass is 9.94. The summed E-state index contributed by atoms with van der Waals surface area (Å²) >= 11 is 0. The van der Waals surface area contributed by atoms with Crippen molar-refractivity contribution in [2.75, 3.05) is 7.11 Å². The number of carbonyl (C=O) groups excluding carboxylic acids is 3. The fourth-order valence-corrected chi connectivity index (χ4v) is 0.916. The molecule has 0 amide bonds. The Bertz CT molecular complexity index is 357. The Morgan fingerprint density at radius 3 is 1.65 bits per heavy atom. The van der Waals surface area contributed by atoms with E-state index in [0.717, 1.165) is 0 Å². The second kappa shape index (κ2) is 10.1. The maximum atomic E-state index is 10.8. The van der Waals surface area contributed by atoms with Crippen LogP contribution in [0.25, 0.3) is 0 Å². The molecule has 0 fully saturated rings. The van der Waals surface area contributed by atoms with Crippen LogP contribution < -0.4 is 0 Å². The zero-order valence-corrected chi connectivity index (χ0v) is 12.9. The minimum atomic E-state index is -1.33. The summed E-state index contributed by atoms with van der Waals surface area (Å²) in [5, 5.41) is 8.25. The average molecular weight is 288 g/mol. The highest BCUT2D eigenvalue weighted by Crippen LogP contribution is 2.10. The second-order valence-corrected chi connectivity index (χ2v) is 5.08. The largest absolute Gasteiger partial charge is 0.475 e. The topological polar surface area (TPSA) is 97.7 Å². The van der Waals surface area contributed by atoms with Crippen molar-refractivity contribution < 1.29 is 29.0 Å². The molecule has 1 atom stereocenters. The molecular weight excluding hydrogens is 264 g/mol. The van der Waals surface area contributed by atoms with Crippen LogP contribution in [0.5, 0.6) is 0 Å². The number of hydrogen-bond acceptors (Lipinski definition) is 5. The van der Waals surface area contributed by atoms with E-state index >= 15 is 0 Å². The number of Topliss-reactive ketones (excluding diaryl/α,β-unsaturated/α-hetero) is 2. The normalized spacial score (nSPS) is 11.4. The van der Waals surface area contributed by atoms with Gasteiger partial charge in [0.15, 0.2) is 0 Å². The quantitative estimate of drug-likeness (QED) is 0.454. The third-order valence-electron chi connectivity index (χ3n) is 2.81. The SMILES string of the molecule is CC(C)C(C)C(=O)C(=O)O.COC(=O)CC(=O)C(C)C. The standard InChI is InChI=1S/2C7H12O3/c1-5(2)6(8)4-7(9)10-3;1-4(2)5(3)6(8)7(9)10/h5H,4H2,1-3H3;4-5H,1-3H3,(H,9,10). The number of hydrogen-bond donors (Lipinski definition) is 1. The Kier molecular flexibility index (Phi) is 10.4. The summed E-state index contributed by atoms with van der Waals surface area (Å²) in [4.78, 5) is 42.1. The highest BCUT2D eigenvalue weighted by molar-refractivity contribution is 6.33. The minimum absolute atomic E-state index is 0.0770. The van der Waals surface area contributed by atoms with Gasteiger partial charge >= 0.3 is 11.9 Å². The monoisotopic (exact) mass is 288 g/mol. The van der Waals surface area contributed by atoms with E-state index in [1.807, 2.05) is 13.8 Å². The fourth-order valence-electron chi connectivity index (χ4n) is 0.916. The molecule has 20 heavy (non-hydrogen) atoms. The number of methoxy groups -OCH3 is 1. The summed E-state index contributed by atoms with van der Waals surface area (Å²) in [6, 6.07) is 0. The van der Waals surface area contributed by atoms with Gasteiger partial charge in [0, 0.05) is 11.8 Å². The lowest BCUT2D eigenvalue weighted by Gasteiger charge is -2.09. The van der Waals surface area contributed by atoms with Crippen molar-refractivity contribution in [3.63, 3.8) is 0 Å². The third kappa shape index (κ3) is 9.24. The van der Waals surface area contributed by atoms with Gasteiger partial charge in [0.2, 0.25) is 5.78 Å². The molecule has 0 aromatic rings. The number of carbonyl (C=O) groups is 4. The first-order chi connectivity index (χ1) is 9.04. The van der Waals surface area contributed by atoms with Crippen LogP contribution in [0.15, 0.2) is 0 Å². The Labute approximate surface area is 119 Å². The summed E-state index contributed by atoms with van der Waals surface area (Å²) in [5.41, 5.74) is 0. The average Bonchev–Trinajstić information content (AvgIpc) is 2.36. The van der Waals surface area contributed by atoms with Crippen LogP contribution in [0, 0.1) is 17.8 Å². The molecule has 0 spiro atoms. The predicted octanol–water partition coefficient (Wildman–Crippen LogP) is 1.71. The first-order valence-corrected chi connectivity index (χ1v) is 6.41. The molecule has 0 saturated carbocycles. The van der Waals surface area contributed by atoms with Gasteiger partial charge in [0.25, 0.3) is 0 Å². The van der Waals surface area contributed by atoms with Crippen LogP contribution >= 0.6 is 0 Å². The van der Waals surface area contributed by atoms with Crippen molar-refractivity contribution >= 4 is 23.5 Å². The van der Waals surface area contributed by atoms with Crippen molar-refractivity contribution in [3.05, 3.63) is 0 Å². The Morgan fingerprint density at radius 1 is 1.00 bits per heavy atom. The van der Waals surface area contributed by atoms with Gasteiger partial charge < -0.3 is 9.84 Å². The van der Waals surface area contributed by atoms with Crippen molar-refractivity contribution in [3.8, 4) is 0 Å². The van der Waals surface area contributed by atoms with Crippen LogP contribution in [-0.4, -0.2) is 35.7 Å². The van der Waals surface area contributed by atoms with Crippen LogP contribution in [-0.2, 0) is 23.9 Å². The van der Waals surface area contributed by atoms with Crippen LogP contribution in [0.4, 0.5) is 0 Å². The molecule has 116 valence electrons. The van der Waals surface area contributed by atoms with Gasteiger partial charge in [-0.1, -0.05) is 34.6 Å². The first-order valence-electron chi connectivity index (χ1n) is 6.41. The molecule has 0 rings (SSSR count). The van der Waals surface area contributed by atoms with E-state index in [4.69, 9.17) is 5.11 Å². The highest BCUT2D eigenvalue weighted by atomic mass is 16.5. The van der Waals surface area contributed by atoms with Gasteiger partial charge in [-0.05, 0) is 5.92 Å². The number of carboxylic acid groups (broad SMARTS) is 1. The molecule has 1 N–H and O–H groups in total. The number of aliphatic carboxylic acids is 1. The molecule has 6 nitrogen and oxygen atoms in total. The lowest BCUT2D eigenvalue weighted by Crippen LogP contribution is -2.24. The maximum Gasteiger partial charge on any atom is 0.372 e. The van der Waals surface area contributed by atoms with Gasteiger partial charge in [-0.2, -0.15) is 0 Å². The number of esters is 1. The van der Waals surface area contributed by atoms with Crippen LogP contribution in [0.1, 0.15) is 41.0 Å². The lowest BCUT2D eigenvalue weighted by molar-refractivity contribution is -0.151. The van der Waals surface area contributed by atoms with Gasteiger partial charge in [0.1, 0.15) is 12.2 Å². The number of rotatable bonds is 6. The molecule has 6 heteroatoms. The van der Waals surface area contributed by atoms with Gasteiger partial charge in [-0.3, -0.25) is 14.4 Å². The fraction of sp³-hybridized carbons (Fsp3) is 0.714. The summed E-state index contributed by atoms with van der Waals surface area (Å²) in [6.07, 6.45) is -0.103. The van der Waals surface area contributed by atoms with Crippen molar-refractivity contribution in [2.24, 2.45) is 17.8 Å². The molecule has 0 aliphatic rings. The van der Waals surface area contributed by atoms with E-state index in [-0.39, 0.29) is 30.0 Å². The third-order valence-corrected chi connectivity index (χ3v) is 2.81. The molecule has 0 aliphatic carbocycles. The molecule has 0 saturated heterocycles. The molecule has 0 heterocycles. The summed E-state index contributed by atoms with van der Waals surface area (Å²) in [5.74, 6) is -2.93. The smallest absolute Gasteiger partial charge is 0.372 e. The molecule has 0 aromatic carbocycles. The highest BCUT2D eigenvalue weighted by Gasteiger charge is 2.22. The Morgan fingerprint density at radius 2 is 1.45 bits per heavy atom. The van der Waals surface area contributed by atoms with E-state index in [1.165, 1.54) is 7.11 Å². The Hall–Kier alpha value is -1.72. The van der Waals surface area contributed by atoms with Crippen molar-refractivity contribution in [1.29, 1.82) is 0 Å². The maximum absolute atomic E-state index is 10.8. The minimum Gasteiger partial charge on any atom is -0.475 e. The predicted molar refractivity (Wildman–Crippen MR) is 73.1 cm³/mol. The Balaban J connectivity index is 0. The van der Waals surface area contributed by atoms with E-state index in [2.05, 4.69) is 4.74 Å². The molecule has 0 bridgehead atoms. The number of ether oxygens (including phenoxy) is 1. The summed E-state index contributed by atoms with van der Waals surface area (Å²) in [6.45, 7) is 8.79. The molecule has 0 aromatic heterocycles. The summed E-state index contributed by atoms with van der Waals surface area (Å²) < 4.78 is 4.31.